The lowest BCUT2D eigenvalue weighted by Crippen LogP contribution is -2.54. The van der Waals surface area contributed by atoms with Crippen LogP contribution >= 0.6 is 0 Å². The van der Waals surface area contributed by atoms with Gasteiger partial charge >= 0.3 is 0 Å². The lowest BCUT2D eigenvalue weighted by Gasteiger charge is -2.60. The summed E-state index contributed by atoms with van der Waals surface area (Å²) >= 11 is 0. The average Bonchev–Trinajstić information content (AvgIpc) is 2.77. The van der Waals surface area contributed by atoms with E-state index in [0.29, 0.717) is 11.3 Å². The van der Waals surface area contributed by atoms with Crippen LogP contribution in [0.5, 0.6) is 0 Å². The third-order valence-corrected chi connectivity index (χ3v) is 7.90. The molecule has 2 aromatic carbocycles. The maximum Gasteiger partial charge on any atom is 0.0101 e. The number of fused-ring (bicyclic) bond motifs is 2. The van der Waals surface area contributed by atoms with Crippen LogP contribution in [0.25, 0.3) is 0 Å². The minimum Gasteiger partial charge on any atom is -0.315 e. The fraction of sp³-hybridized carbons (Fsp3) is 0.556. The summed E-state index contributed by atoms with van der Waals surface area (Å²) in [6.07, 6.45) is 5.51. The zero-order valence-corrected chi connectivity index (χ0v) is 18.2. The van der Waals surface area contributed by atoms with Crippen LogP contribution in [0.1, 0.15) is 56.6 Å². The molecule has 156 valence electrons. The van der Waals surface area contributed by atoms with Crippen molar-refractivity contribution in [2.45, 2.75) is 45.4 Å². The predicted molar refractivity (Wildman–Crippen MR) is 123 cm³/mol. The molecule has 3 aliphatic rings. The Kier molecular flexibility index (Phi) is 6.72. The van der Waals surface area contributed by atoms with E-state index in [-0.39, 0.29) is 0 Å². The molecule has 0 aromatic heterocycles. The van der Waals surface area contributed by atoms with Gasteiger partial charge < -0.3 is 10.6 Å². The summed E-state index contributed by atoms with van der Waals surface area (Å²) in [5.41, 5.74) is 3.43. The summed E-state index contributed by atoms with van der Waals surface area (Å²) in [6, 6.07) is 21.9. The molecule has 3 atom stereocenters. The second kappa shape index (κ2) is 9.45. The highest BCUT2D eigenvalue weighted by atomic mass is 14.9. The second-order valence-electron chi connectivity index (χ2n) is 9.81. The van der Waals surface area contributed by atoms with Crippen LogP contribution in [-0.4, -0.2) is 26.2 Å². The maximum atomic E-state index is 3.74. The minimum absolute atomic E-state index is 0.467. The highest BCUT2D eigenvalue weighted by Gasteiger charge is 2.53. The molecule has 3 aliphatic carbocycles. The lowest BCUT2D eigenvalue weighted by atomic mass is 9.45. The molecule has 2 heteroatoms. The molecule has 0 spiro atoms. The molecule has 0 amide bonds. The van der Waals surface area contributed by atoms with Crippen molar-refractivity contribution in [3.8, 4) is 0 Å². The zero-order chi connectivity index (χ0) is 20.1. The second-order valence-corrected chi connectivity index (χ2v) is 9.81. The largest absolute Gasteiger partial charge is 0.315 e. The molecule has 3 fully saturated rings. The Morgan fingerprint density at radius 1 is 0.828 bits per heavy atom. The van der Waals surface area contributed by atoms with Gasteiger partial charge in [0.15, 0.2) is 0 Å². The number of rotatable bonds is 10. The molecule has 0 saturated heterocycles. The molecule has 0 radical (unpaired) electrons. The Hall–Kier alpha value is -1.64. The molecule has 3 saturated carbocycles. The van der Waals surface area contributed by atoms with Crippen LogP contribution in [-0.2, 0) is 0 Å². The molecule has 2 aromatic rings. The third-order valence-electron chi connectivity index (χ3n) is 7.90. The van der Waals surface area contributed by atoms with Gasteiger partial charge in [0.25, 0.3) is 0 Å². The van der Waals surface area contributed by atoms with E-state index in [0.717, 1.165) is 43.8 Å². The van der Waals surface area contributed by atoms with E-state index in [1.165, 1.54) is 36.9 Å². The van der Waals surface area contributed by atoms with Gasteiger partial charge in [-0.25, -0.2) is 0 Å². The Morgan fingerprint density at radius 3 is 2.03 bits per heavy atom. The average molecular weight is 391 g/mol. The number of benzene rings is 2. The van der Waals surface area contributed by atoms with Crippen molar-refractivity contribution in [2.24, 2.45) is 23.2 Å². The fourth-order valence-corrected chi connectivity index (χ4v) is 5.94. The van der Waals surface area contributed by atoms with E-state index < -0.39 is 0 Å². The molecule has 2 nitrogen and oxygen atoms in total. The van der Waals surface area contributed by atoms with Crippen molar-refractivity contribution in [1.29, 1.82) is 0 Å². The van der Waals surface area contributed by atoms with Crippen molar-refractivity contribution >= 4 is 0 Å². The van der Waals surface area contributed by atoms with Gasteiger partial charge in [0.05, 0.1) is 0 Å². The lowest BCUT2D eigenvalue weighted by molar-refractivity contribution is -0.103. The van der Waals surface area contributed by atoms with Crippen molar-refractivity contribution < 1.29 is 0 Å². The van der Waals surface area contributed by atoms with Crippen LogP contribution < -0.4 is 10.6 Å². The van der Waals surface area contributed by atoms with E-state index in [1.54, 1.807) is 0 Å². The molecule has 29 heavy (non-hydrogen) atoms. The fourth-order valence-electron chi connectivity index (χ4n) is 5.94. The smallest absolute Gasteiger partial charge is 0.0101 e. The van der Waals surface area contributed by atoms with Gasteiger partial charge in [-0.3, -0.25) is 0 Å². The Morgan fingerprint density at radius 2 is 1.45 bits per heavy atom. The zero-order valence-electron chi connectivity index (χ0n) is 18.2. The van der Waals surface area contributed by atoms with Crippen LogP contribution in [0.4, 0.5) is 0 Å². The van der Waals surface area contributed by atoms with Gasteiger partial charge in [-0.1, -0.05) is 74.5 Å². The van der Waals surface area contributed by atoms with Gasteiger partial charge in [-0.15, -0.1) is 0 Å². The normalized spacial score (nSPS) is 25.0. The minimum atomic E-state index is 0.467. The van der Waals surface area contributed by atoms with E-state index >= 15 is 0 Å². The molecule has 5 rings (SSSR count). The summed E-state index contributed by atoms with van der Waals surface area (Å²) in [7, 11) is 0. The van der Waals surface area contributed by atoms with Gasteiger partial charge in [0.1, 0.15) is 0 Å². The van der Waals surface area contributed by atoms with Gasteiger partial charge in [-0.2, -0.15) is 0 Å². The molecular weight excluding hydrogens is 352 g/mol. The topological polar surface area (TPSA) is 24.1 Å². The van der Waals surface area contributed by atoms with Crippen LogP contribution in [0.15, 0.2) is 60.7 Å². The standard InChI is InChI=1S/C27H38N2/c1-27(2)24-14-13-23(26(27)19-24)20-29-18-17-28-16-15-25(21-9-5-3-6-10-21)22-11-7-4-8-12-22/h3-12,23-26,28-29H,13-20H2,1-2H3/t23-,24+,26+/m0/s1. The van der Waals surface area contributed by atoms with Crippen molar-refractivity contribution in [1.82, 2.24) is 10.6 Å². The van der Waals surface area contributed by atoms with Crippen molar-refractivity contribution in [3.05, 3.63) is 71.8 Å². The highest BCUT2D eigenvalue weighted by Crippen LogP contribution is 2.61. The first-order chi connectivity index (χ1) is 14.2. The number of hydrogen-bond acceptors (Lipinski definition) is 2. The van der Waals surface area contributed by atoms with Gasteiger partial charge in [0, 0.05) is 19.0 Å². The molecule has 0 heterocycles. The van der Waals surface area contributed by atoms with Crippen molar-refractivity contribution in [2.75, 3.05) is 26.2 Å². The van der Waals surface area contributed by atoms with Gasteiger partial charge in [0.2, 0.25) is 0 Å². The quantitative estimate of drug-likeness (QED) is 0.526. The Balaban J connectivity index is 1.17. The van der Waals surface area contributed by atoms with Crippen LogP contribution in [0.3, 0.4) is 0 Å². The summed E-state index contributed by atoms with van der Waals surface area (Å²) in [4.78, 5) is 0. The predicted octanol–water partition coefficient (Wildman–Crippen LogP) is 5.46. The molecule has 2 bridgehead atoms. The SMILES string of the molecule is CC1(C)[C@@H]2CC[C@@H](CNCCNCCC(c3ccccc3)c3ccccc3)[C@H]1C2. The number of nitrogens with one attached hydrogen (secondary N) is 2. The van der Waals surface area contributed by atoms with E-state index in [1.807, 2.05) is 0 Å². The Bertz CT molecular complexity index is 698. The number of hydrogen-bond donors (Lipinski definition) is 2. The van der Waals surface area contributed by atoms with Crippen molar-refractivity contribution in [3.63, 3.8) is 0 Å². The first kappa shape index (κ1) is 20.6. The molecular formula is C27H38N2. The maximum absolute atomic E-state index is 3.74. The molecule has 0 aliphatic heterocycles. The summed E-state index contributed by atoms with van der Waals surface area (Å²) in [5, 5.41) is 7.40. The molecule has 2 N–H and O–H groups in total. The van der Waals surface area contributed by atoms with Crippen LogP contribution in [0.2, 0.25) is 0 Å². The highest BCUT2D eigenvalue weighted by molar-refractivity contribution is 5.32. The summed E-state index contributed by atoms with van der Waals surface area (Å²) in [5.74, 6) is 3.33. The monoisotopic (exact) mass is 390 g/mol. The summed E-state index contributed by atoms with van der Waals surface area (Å²) < 4.78 is 0. The van der Waals surface area contributed by atoms with Crippen LogP contribution in [0, 0.1) is 23.2 Å². The van der Waals surface area contributed by atoms with Gasteiger partial charge in [-0.05, 0) is 73.1 Å². The van der Waals surface area contributed by atoms with E-state index in [4.69, 9.17) is 0 Å². The first-order valence-corrected chi connectivity index (χ1v) is 11.7. The summed E-state index contributed by atoms with van der Waals surface area (Å²) in [6.45, 7) is 9.38. The Labute approximate surface area is 177 Å². The third kappa shape index (κ3) is 4.75. The first-order valence-electron chi connectivity index (χ1n) is 11.7. The van der Waals surface area contributed by atoms with E-state index in [9.17, 15) is 0 Å². The van der Waals surface area contributed by atoms with E-state index in [2.05, 4.69) is 85.1 Å². The molecule has 0 unspecified atom stereocenters.